The molecule has 12 heteroatoms. The summed E-state index contributed by atoms with van der Waals surface area (Å²) in [6.07, 6.45) is 8.32. The van der Waals surface area contributed by atoms with Crippen molar-refractivity contribution >= 4 is 32.5 Å². The van der Waals surface area contributed by atoms with Crippen LogP contribution in [0.25, 0.3) is 16.8 Å². The topological polar surface area (TPSA) is 134 Å². The van der Waals surface area contributed by atoms with E-state index in [9.17, 15) is 18.3 Å². The van der Waals surface area contributed by atoms with Gasteiger partial charge in [0.2, 0.25) is 10.3 Å². The van der Waals surface area contributed by atoms with E-state index in [4.69, 9.17) is 4.74 Å². The number of hydrogen-bond donors (Lipinski definition) is 2. The lowest BCUT2D eigenvalue weighted by Crippen LogP contribution is -2.46. The van der Waals surface area contributed by atoms with E-state index in [1.807, 2.05) is 13.8 Å². The van der Waals surface area contributed by atoms with Crippen LogP contribution in [-0.4, -0.2) is 71.0 Å². The number of aromatic carboxylic acids is 1. The van der Waals surface area contributed by atoms with Gasteiger partial charge in [-0.15, -0.1) is 0 Å². The van der Waals surface area contributed by atoms with Crippen molar-refractivity contribution in [3.8, 4) is 16.9 Å². The summed E-state index contributed by atoms with van der Waals surface area (Å²) in [5.41, 5.74) is 2.23. The summed E-state index contributed by atoms with van der Waals surface area (Å²) in [4.78, 5) is 27.8. The summed E-state index contributed by atoms with van der Waals surface area (Å²) in [6.45, 7) is 5.58. The second-order valence-corrected chi connectivity index (χ2v) is 12.6. The van der Waals surface area contributed by atoms with Gasteiger partial charge in [0, 0.05) is 49.1 Å². The molecule has 2 aliphatic heterocycles. The van der Waals surface area contributed by atoms with Gasteiger partial charge in [-0.2, -0.15) is 8.42 Å². The molecular weight excluding hydrogens is 597 g/mol. The number of carboxylic acid groups (broad SMARTS) is 1. The van der Waals surface area contributed by atoms with Crippen LogP contribution in [0, 0.1) is 5.82 Å². The first-order chi connectivity index (χ1) is 21.7. The van der Waals surface area contributed by atoms with Crippen molar-refractivity contribution in [3.05, 3.63) is 70.0 Å². The number of ether oxygens (including phenoxy) is 1. The molecule has 1 saturated heterocycles. The fourth-order valence-electron chi connectivity index (χ4n) is 6.21. The highest BCUT2D eigenvalue weighted by atomic mass is 32.2. The lowest BCUT2D eigenvalue weighted by atomic mass is 9.90. The zero-order valence-electron chi connectivity index (χ0n) is 25.3. The monoisotopic (exact) mass is 633 g/mol. The number of piperidine rings is 1. The molecule has 3 aromatic rings. The predicted molar refractivity (Wildman–Crippen MR) is 169 cm³/mol. The molecule has 0 amide bonds. The Labute approximate surface area is 262 Å². The van der Waals surface area contributed by atoms with Crippen LogP contribution < -0.4 is 20.6 Å². The Kier molecular flexibility index (Phi) is 8.95. The van der Waals surface area contributed by atoms with Gasteiger partial charge in [-0.25, -0.2) is 19.2 Å². The number of carboxylic acids is 1. The van der Waals surface area contributed by atoms with Crippen molar-refractivity contribution in [1.29, 1.82) is 0 Å². The number of likely N-dealkylation sites (tertiary alicyclic amines) is 1. The zero-order valence-corrected chi connectivity index (χ0v) is 26.2. The van der Waals surface area contributed by atoms with E-state index >= 15 is 4.39 Å². The van der Waals surface area contributed by atoms with Crippen LogP contribution in [-0.2, 0) is 23.1 Å². The minimum absolute atomic E-state index is 0.00738. The van der Waals surface area contributed by atoms with Crippen LogP contribution in [0.5, 0.6) is 5.75 Å². The number of carbonyl (C=O) groups is 1. The Balaban J connectivity index is 1.37. The molecule has 2 fully saturated rings. The molecule has 0 unspecified atom stereocenters. The molecule has 0 radical (unpaired) electrons. The molecule has 45 heavy (non-hydrogen) atoms. The van der Waals surface area contributed by atoms with Gasteiger partial charge < -0.3 is 20.1 Å². The van der Waals surface area contributed by atoms with Gasteiger partial charge in [0.1, 0.15) is 28.4 Å². The summed E-state index contributed by atoms with van der Waals surface area (Å²) >= 11 is 0. The normalized spacial score (nSPS) is 17.3. The number of aromatic nitrogens is 2. The summed E-state index contributed by atoms with van der Waals surface area (Å²) < 4.78 is 46.8. The first-order valence-electron chi connectivity index (χ1n) is 15.5. The average molecular weight is 634 g/mol. The Morgan fingerprint density at radius 3 is 2.51 bits per heavy atom. The van der Waals surface area contributed by atoms with Crippen LogP contribution in [0.1, 0.15) is 67.8 Å². The minimum atomic E-state index is -2.72. The molecule has 236 valence electrons. The maximum Gasteiger partial charge on any atom is 0.335 e. The molecule has 0 atom stereocenters. The molecule has 1 aromatic heterocycles. The predicted octanol–water partition coefficient (Wildman–Crippen LogP) is 3.41. The maximum absolute atomic E-state index is 16.0. The number of aryl methyl sites for hydroxylation is 2. The molecule has 2 aromatic carbocycles. The summed E-state index contributed by atoms with van der Waals surface area (Å²) in [6, 6.07) is 8.16. The third-order valence-corrected chi connectivity index (χ3v) is 9.60. The van der Waals surface area contributed by atoms with Crippen LogP contribution >= 0.6 is 0 Å². The Morgan fingerprint density at radius 1 is 1.09 bits per heavy atom. The van der Waals surface area contributed by atoms with Gasteiger partial charge in [-0.1, -0.05) is 20.3 Å². The van der Waals surface area contributed by atoms with Crippen LogP contribution in [0.2, 0.25) is 0 Å². The maximum atomic E-state index is 16.0. The number of nitrogens with zero attached hydrogens (tertiary/aromatic N) is 4. The standard InChI is InChI=1S/C33H36FN5O5S/c1-3-27-25(17-36-30(4-2)38-27)19-14-26(34)31-28(15-19)35-18-29(45(42)43)32(31)37-21-12-20(33(40)41)13-24(16-21)44-23-8-10-39(11-9-23)22-6-5-7-22/h12-17,22-23,37H,3-11,18H2,1-2H3,(H,40,41). The van der Waals surface area contributed by atoms with Gasteiger partial charge in [0.25, 0.3) is 0 Å². The molecule has 3 heterocycles. The zero-order chi connectivity index (χ0) is 31.7. The summed E-state index contributed by atoms with van der Waals surface area (Å²) in [5, 5.41) is 13.1. The summed E-state index contributed by atoms with van der Waals surface area (Å²) in [5.74, 6) is -0.796. The van der Waals surface area contributed by atoms with Crippen LogP contribution in [0.15, 0.2) is 41.5 Å². The number of rotatable bonds is 9. The highest BCUT2D eigenvalue weighted by molar-refractivity contribution is 7.74. The van der Waals surface area contributed by atoms with Gasteiger partial charge in [-0.3, -0.25) is 4.99 Å². The second kappa shape index (κ2) is 13.1. The Hall–Kier alpha value is -4.16. The van der Waals surface area contributed by atoms with Crippen LogP contribution in [0.4, 0.5) is 10.1 Å². The number of hydrogen-bond acceptors (Lipinski definition) is 9. The molecule has 2 N–H and O–H groups in total. The molecule has 10 nitrogen and oxygen atoms in total. The van der Waals surface area contributed by atoms with Crippen molar-refractivity contribution in [3.63, 3.8) is 0 Å². The van der Waals surface area contributed by atoms with Crippen molar-refractivity contribution < 1.29 is 27.4 Å². The van der Waals surface area contributed by atoms with E-state index in [1.165, 1.54) is 37.5 Å². The molecule has 0 bridgehead atoms. The third-order valence-electron chi connectivity index (χ3n) is 8.87. The number of fused-ring (bicyclic) bond motifs is 1. The van der Waals surface area contributed by atoms with Gasteiger partial charge in [0.05, 0.1) is 34.1 Å². The lowest BCUT2D eigenvalue weighted by molar-refractivity contribution is 0.0491. The Morgan fingerprint density at radius 2 is 1.87 bits per heavy atom. The quantitative estimate of drug-likeness (QED) is 0.340. The van der Waals surface area contributed by atoms with Crippen molar-refractivity contribution in [2.75, 3.05) is 25.0 Å². The van der Waals surface area contributed by atoms with E-state index < -0.39 is 22.1 Å². The molecule has 1 aliphatic carbocycles. The van der Waals surface area contributed by atoms with Gasteiger partial charge in [0.15, 0.2) is 0 Å². The lowest BCUT2D eigenvalue weighted by Gasteiger charge is -2.41. The first-order valence-corrected chi connectivity index (χ1v) is 16.6. The summed E-state index contributed by atoms with van der Waals surface area (Å²) in [7, 11) is -2.72. The number of halogens is 1. The smallest absolute Gasteiger partial charge is 0.335 e. The second-order valence-electron chi connectivity index (χ2n) is 11.7. The average Bonchev–Trinajstić information content (AvgIpc) is 3.00. The van der Waals surface area contributed by atoms with Crippen LogP contribution in [0.3, 0.4) is 0 Å². The molecule has 3 aliphatic rings. The van der Waals surface area contributed by atoms with Gasteiger partial charge >= 0.3 is 5.97 Å². The largest absolute Gasteiger partial charge is 0.490 e. The number of nitrogens with one attached hydrogen (secondary N) is 1. The number of anilines is 1. The Bertz CT molecular complexity index is 1910. The third kappa shape index (κ3) is 6.48. The highest BCUT2D eigenvalue weighted by Crippen LogP contribution is 2.30. The van der Waals surface area contributed by atoms with E-state index in [0.29, 0.717) is 41.6 Å². The van der Waals surface area contributed by atoms with Crippen molar-refractivity contribution in [2.45, 2.75) is 70.9 Å². The fraction of sp³-hybridized carbons (Fsp3) is 0.424. The highest BCUT2D eigenvalue weighted by Gasteiger charge is 2.29. The first kappa shape index (κ1) is 30.8. The molecule has 6 rings (SSSR count). The van der Waals surface area contributed by atoms with Crippen molar-refractivity contribution in [2.24, 2.45) is 4.99 Å². The SMILES string of the molecule is CCc1ncc(-c2cc(F)c3c(c2)=NCC(=S(=O)=O)C=3Nc2cc(OC3CCN(C4CCC4)CC3)cc(C(=O)O)c2)c(CC)n1. The minimum Gasteiger partial charge on any atom is -0.490 e. The van der Waals surface area contributed by atoms with E-state index in [0.717, 1.165) is 31.6 Å². The fourth-order valence-corrected chi connectivity index (χ4v) is 6.70. The number of benzene rings is 2. The molecular formula is C33H36FN5O5S. The van der Waals surface area contributed by atoms with E-state index in [-0.39, 0.29) is 45.0 Å². The molecule has 1 saturated carbocycles. The van der Waals surface area contributed by atoms with E-state index in [2.05, 4.69) is 25.2 Å². The molecule has 0 spiro atoms. The van der Waals surface area contributed by atoms with Gasteiger partial charge in [-0.05, 0) is 61.9 Å². The van der Waals surface area contributed by atoms with E-state index in [1.54, 1.807) is 18.3 Å². The van der Waals surface area contributed by atoms with Crippen molar-refractivity contribution in [1.82, 2.24) is 14.9 Å².